The number of para-hydroxylation sites is 1. The van der Waals surface area contributed by atoms with Crippen LogP contribution in [0.3, 0.4) is 0 Å². The third-order valence-corrected chi connectivity index (χ3v) is 2.76. The lowest BCUT2D eigenvalue weighted by molar-refractivity contribution is 0.843. The molecule has 0 spiro atoms. The van der Waals surface area contributed by atoms with Crippen molar-refractivity contribution in [3.8, 4) is 0 Å². The lowest BCUT2D eigenvalue weighted by Crippen LogP contribution is -2.23. The topological polar surface area (TPSA) is 29.0 Å². The quantitative estimate of drug-likeness (QED) is 0.788. The first-order chi connectivity index (χ1) is 7.76. The van der Waals surface area contributed by atoms with E-state index in [1.165, 1.54) is 0 Å². The molecule has 84 valence electrons. The van der Waals surface area contributed by atoms with E-state index in [9.17, 15) is 0 Å². The van der Waals surface area contributed by atoms with Crippen LogP contribution in [0.15, 0.2) is 24.3 Å². The molecule has 0 aliphatic heterocycles. The van der Waals surface area contributed by atoms with Crippen molar-refractivity contribution in [2.75, 3.05) is 18.0 Å². The minimum absolute atomic E-state index is 0.834. The van der Waals surface area contributed by atoms with Gasteiger partial charge in [-0.3, -0.25) is 0 Å². The number of hydrogen-bond acceptors (Lipinski definition) is 3. The maximum Gasteiger partial charge on any atom is 0.140 e. The molecule has 3 heteroatoms. The first-order valence-corrected chi connectivity index (χ1v) is 5.74. The summed E-state index contributed by atoms with van der Waals surface area (Å²) in [4.78, 5) is 11.3. The van der Waals surface area contributed by atoms with Gasteiger partial charge in [-0.25, -0.2) is 9.97 Å². The van der Waals surface area contributed by atoms with Gasteiger partial charge >= 0.3 is 0 Å². The monoisotopic (exact) mass is 215 g/mol. The summed E-state index contributed by atoms with van der Waals surface area (Å²) >= 11 is 0. The average Bonchev–Trinajstić information content (AvgIpc) is 2.30. The number of aromatic nitrogens is 2. The van der Waals surface area contributed by atoms with Gasteiger partial charge in [0, 0.05) is 18.5 Å². The number of anilines is 1. The van der Waals surface area contributed by atoms with Gasteiger partial charge in [-0.1, -0.05) is 12.1 Å². The van der Waals surface area contributed by atoms with Crippen molar-refractivity contribution < 1.29 is 0 Å². The van der Waals surface area contributed by atoms with Crippen LogP contribution in [0.25, 0.3) is 10.9 Å². The third kappa shape index (κ3) is 1.85. The van der Waals surface area contributed by atoms with E-state index in [2.05, 4.69) is 34.8 Å². The molecule has 0 atom stereocenters. The second-order valence-corrected chi connectivity index (χ2v) is 3.78. The average molecular weight is 215 g/mol. The Balaban J connectivity index is 2.66. The summed E-state index contributed by atoms with van der Waals surface area (Å²) in [5, 5.41) is 1.14. The smallest absolute Gasteiger partial charge is 0.140 e. The number of hydrogen-bond donors (Lipinski definition) is 0. The summed E-state index contributed by atoms with van der Waals surface area (Å²) in [5.41, 5.74) is 1.02. The van der Waals surface area contributed by atoms with Crippen molar-refractivity contribution in [1.29, 1.82) is 0 Å². The SMILES string of the molecule is CCN(CC)c1nc(C)nc2ccccc12. The number of fused-ring (bicyclic) bond motifs is 1. The highest BCUT2D eigenvalue weighted by Crippen LogP contribution is 2.23. The molecule has 1 aromatic carbocycles. The van der Waals surface area contributed by atoms with Gasteiger partial charge in [0.05, 0.1) is 5.52 Å². The van der Waals surface area contributed by atoms with Crippen LogP contribution in [0.4, 0.5) is 5.82 Å². The van der Waals surface area contributed by atoms with Crippen LogP contribution in [-0.4, -0.2) is 23.1 Å². The molecule has 0 radical (unpaired) electrons. The van der Waals surface area contributed by atoms with Crippen LogP contribution < -0.4 is 4.90 Å². The van der Waals surface area contributed by atoms with Crippen LogP contribution in [-0.2, 0) is 0 Å². The van der Waals surface area contributed by atoms with E-state index in [1.54, 1.807) is 0 Å². The normalized spacial score (nSPS) is 10.7. The maximum absolute atomic E-state index is 4.56. The zero-order chi connectivity index (χ0) is 11.5. The Morgan fingerprint density at radius 1 is 1.06 bits per heavy atom. The zero-order valence-electron chi connectivity index (χ0n) is 10.1. The number of rotatable bonds is 3. The Labute approximate surface area is 96.1 Å². The summed E-state index contributed by atoms with van der Waals surface area (Å²) in [6, 6.07) is 8.17. The van der Waals surface area contributed by atoms with Gasteiger partial charge in [-0.05, 0) is 32.9 Å². The summed E-state index contributed by atoms with van der Waals surface area (Å²) in [7, 11) is 0. The van der Waals surface area contributed by atoms with E-state index >= 15 is 0 Å². The van der Waals surface area contributed by atoms with E-state index in [0.717, 1.165) is 35.6 Å². The van der Waals surface area contributed by atoms with Crippen molar-refractivity contribution >= 4 is 16.7 Å². The molecular formula is C13H17N3. The third-order valence-electron chi connectivity index (χ3n) is 2.76. The van der Waals surface area contributed by atoms with Crippen LogP contribution in [0.1, 0.15) is 19.7 Å². The van der Waals surface area contributed by atoms with Crippen molar-refractivity contribution in [3.63, 3.8) is 0 Å². The van der Waals surface area contributed by atoms with Crippen LogP contribution >= 0.6 is 0 Å². The molecule has 2 rings (SSSR count). The summed E-state index contributed by atoms with van der Waals surface area (Å²) in [6.45, 7) is 8.18. The van der Waals surface area contributed by atoms with Crippen molar-refractivity contribution in [2.24, 2.45) is 0 Å². The molecule has 0 unspecified atom stereocenters. The van der Waals surface area contributed by atoms with Gasteiger partial charge in [0.2, 0.25) is 0 Å². The second kappa shape index (κ2) is 4.47. The molecule has 0 aliphatic carbocycles. The first-order valence-electron chi connectivity index (χ1n) is 5.74. The fourth-order valence-corrected chi connectivity index (χ4v) is 1.94. The molecule has 0 saturated heterocycles. The number of benzene rings is 1. The van der Waals surface area contributed by atoms with Crippen molar-refractivity contribution in [3.05, 3.63) is 30.1 Å². The Bertz CT molecular complexity index is 490. The Kier molecular flexibility index (Phi) is 3.04. The molecule has 2 aromatic rings. The van der Waals surface area contributed by atoms with Crippen molar-refractivity contribution in [1.82, 2.24) is 9.97 Å². The molecule has 1 heterocycles. The fourth-order valence-electron chi connectivity index (χ4n) is 1.94. The molecule has 0 saturated carbocycles. The largest absolute Gasteiger partial charge is 0.357 e. The highest BCUT2D eigenvalue weighted by molar-refractivity contribution is 5.89. The highest BCUT2D eigenvalue weighted by Gasteiger charge is 2.09. The Hall–Kier alpha value is -1.64. The molecule has 0 fully saturated rings. The minimum Gasteiger partial charge on any atom is -0.357 e. The van der Waals surface area contributed by atoms with Gasteiger partial charge in [0.15, 0.2) is 0 Å². The van der Waals surface area contributed by atoms with Crippen LogP contribution in [0.5, 0.6) is 0 Å². The molecule has 0 amide bonds. The van der Waals surface area contributed by atoms with E-state index in [4.69, 9.17) is 0 Å². The zero-order valence-corrected chi connectivity index (χ0v) is 10.1. The number of aryl methyl sites for hydroxylation is 1. The molecule has 0 aliphatic rings. The highest BCUT2D eigenvalue weighted by atomic mass is 15.2. The Morgan fingerprint density at radius 3 is 2.44 bits per heavy atom. The molecule has 0 N–H and O–H groups in total. The van der Waals surface area contributed by atoms with Crippen LogP contribution in [0, 0.1) is 6.92 Å². The van der Waals surface area contributed by atoms with Crippen LogP contribution in [0.2, 0.25) is 0 Å². The minimum atomic E-state index is 0.834. The molecule has 1 aromatic heterocycles. The van der Waals surface area contributed by atoms with Gasteiger partial charge in [-0.15, -0.1) is 0 Å². The van der Waals surface area contributed by atoms with Crippen molar-refractivity contribution in [2.45, 2.75) is 20.8 Å². The Morgan fingerprint density at radius 2 is 1.75 bits per heavy atom. The number of nitrogens with zero attached hydrogens (tertiary/aromatic N) is 3. The molecule has 0 bridgehead atoms. The van der Waals surface area contributed by atoms with Gasteiger partial charge in [0.1, 0.15) is 11.6 Å². The predicted molar refractivity (Wildman–Crippen MR) is 67.8 cm³/mol. The standard InChI is InChI=1S/C13H17N3/c1-4-16(5-2)13-11-8-6-7-9-12(11)14-10(3)15-13/h6-9H,4-5H2,1-3H3. The predicted octanol–water partition coefficient (Wildman–Crippen LogP) is 2.78. The van der Waals surface area contributed by atoms with E-state index < -0.39 is 0 Å². The van der Waals surface area contributed by atoms with Gasteiger partial charge < -0.3 is 4.90 Å². The van der Waals surface area contributed by atoms with Gasteiger partial charge in [-0.2, -0.15) is 0 Å². The first kappa shape index (κ1) is 10.9. The van der Waals surface area contributed by atoms with E-state index in [-0.39, 0.29) is 0 Å². The lowest BCUT2D eigenvalue weighted by atomic mass is 10.2. The molecule has 3 nitrogen and oxygen atoms in total. The molecular weight excluding hydrogens is 198 g/mol. The van der Waals surface area contributed by atoms with E-state index in [0.29, 0.717) is 0 Å². The summed E-state index contributed by atoms with van der Waals surface area (Å²) < 4.78 is 0. The van der Waals surface area contributed by atoms with E-state index in [1.807, 2.05) is 25.1 Å². The molecule has 16 heavy (non-hydrogen) atoms. The summed E-state index contributed by atoms with van der Waals surface area (Å²) in [5.74, 6) is 1.88. The summed E-state index contributed by atoms with van der Waals surface area (Å²) in [6.07, 6.45) is 0. The lowest BCUT2D eigenvalue weighted by Gasteiger charge is -2.21. The maximum atomic E-state index is 4.56. The van der Waals surface area contributed by atoms with Gasteiger partial charge in [0.25, 0.3) is 0 Å². The fraction of sp³-hybridized carbons (Fsp3) is 0.385. The second-order valence-electron chi connectivity index (χ2n) is 3.78.